The van der Waals surface area contributed by atoms with E-state index >= 15 is 0 Å². The summed E-state index contributed by atoms with van der Waals surface area (Å²) in [5.41, 5.74) is 4.11. The Hall–Kier alpha value is -4.46. The number of benzene rings is 3. The van der Waals surface area contributed by atoms with E-state index in [0.29, 0.717) is 39.5 Å². The number of sulfone groups is 1. The van der Waals surface area contributed by atoms with Crippen molar-refractivity contribution < 1.29 is 41.0 Å². The zero-order chi connectivity index (χ0) is 31.8. The van der Waals surface area contributed by atoms with Crippen LogP contribution in [-0.2, 0) is 22.9 Å². The van der Waals surface area contributed by atoms with Crippen LogP contribution in [0.3, 0.4) is 0 Å². The first-order valence-corrected chi connectivity index (χ1v) is 15.2. The van der Waals surface area contributed by atoms with Gasteiger partial charge in [0.1, 0.15) is 17.3 Å². The SMILES string of the molecule is Cc1cn(-c2ccc(-c3ccc(CO)c(S(C)(=O)=O)c3)cc2-c2oc(CCO)nc2-c2ccc(OC(F)(F)F)cc2)c(C)n1. The first-order valence-electron chi connectivity index (χ1n) is 13.4. The van der Waals surface area contributed by atoms with E-state index in [0.717, 1.165) is 11.9 Å². The lowest BCUT2D eigenvalue weighted by atomic mass is 9.97. The van der Waals surface area contributed by atoms with Crippen LogP contribution >= 0.6 is 0 Å². The highest BCUT2D eigenvalue weighted by Crippen LogP contribution is 2.40. The van der Waals surface area contributed by atoms with Gasteiger partial charge < -0.3 is 23.9 Å². The number of rotatable bonds is 9. The van der Waals surface area contributed by atoms with E-state index in [1.165, 1.54) is 30.3 Å². The molecule has 44 heavy (non-hydrogen) atoms. The molecule has 0 aliphatic heterocycles. The number of hydrogen-bond acceptors (Lipinski definition) is 8. The third-order valence-electron chi connectivity index (χ3n) is 6.83. The summed E-state index contributed by atoms with van der Waals surface area (Å²) in [6.07, 6.45) is -1.86. The van der Waals surface area contributed by atoms with Crippen molar-refractivity contribution >= 4 is 9.84 Å². The number of imidazole rings is 1. The molecule has 13 heteroatoms. The Bertz CT molecular complexity index is 1930. The number of aliphatic hydroxyl groups is 2. The number of ether oxygens (including phenoxy) is 1. The van der Waals surface area contributed by atoms with Crippen LogP contribution in [0.2, 0.25) is 0 Å². The average Bonchev–Trinajstić information content (AvgIpc) is 3.53. The molecule has 0 amide bonds. The maximum atomic E-state index is 12.8. The van der Waals surface area contributed by atoms with Crippen LogP contribution in [-0.4, -0.2) is 52.4 Å². The Labute approximate surface area is 251 Å². The van der Waals surface area contributed by atoms with E-state index in [1.54, 1.807) is 18.2 Å². The number of aromatic nitrogens is 3. The summed E-state index contributed by atoms with van der Waals surface area (Å²) in [7, 11) is -3.66. The van der Waals surface area contributed by atoms with Crippen LogP contribution in [0.5, 0.6) is 5.75 Å². The monoisotopic (exact) mass is 627 g/mol. The van der Waals surface area contributed by atoms with Gasteiger partial charge in [-0.3, -0.25) is 0 Å². The molecule has 0 saturated heterocycles. The number of hydrogen-bond donors (Lipinski definition) is 2. The number of oxazole rings is 1. The Kier molecular flexibility index (Phi) is 8.38. The average molecular weight is 628 g/mol. The topological polar surface area (TPSA) is 128 Å². The lowest BCUT2D eigenvalue weighted by Gasteiger charge is -2.15. The largest absolute Gasteiger partial charge is 0.573 e. The summed E-state index contributed by atoms with van der Waals surface area (Å²) >= 11 is 0. The Morgan fingerprint density at radius 3 is 2.18 bits per heavy atom. The van der Waals surface area contributed by atoms with Gasteiger partial charge in [-0.1, -0.05) is 18.2 Å². The molecule has 5 aromatic rings. The molecule has 0 radical (unpaired) electrons. The molecule has 0 saturated carbocycles. The zero-order valence-electron chi connectivity index (χ0n) is 23.9. The molecule has 0 bridgehead atoms. The number of alkyl halides is 3. The summed E-state index contributed by atoms with van der Waals surface area (Å²) in [5.74, 6) is 0.751. The summed E-state index contributed by atoms with van der Waals surface area (Å²) in [5, 5.41) is 19.3. The van der Waals surface area contributed by atoms with Crippen molar-refractivity contribution in [3.05, 3.63) is 89.8 Å². The van der Waals surface area contributed by atoms with E-state index in [-0.39, 0.29) is 35.1 Å². The van der Waals surface area contributed by atoms with E-state index in [4.69, 9.17) is 4.42 Å². The number of aliphatic hydroxyl groups excluding tert-OH is 2. The number of halogens is 3. The minimum atomic E-state index is -4.85. The highest BCUT2D eigenvalue weighted by atomic mass is 32.2. The van der Waals surface area contributed by atoms with Gasteiger partial charge in [-0.2, -0.15) is 0 Å². The molecule has 3 aromatic carbocycles. The van der Waals surface area contributed by atoms with Crippen LogP contribution in [0, 0.1) is 13.8 Å². The first kappa shape index (κ1) is 31.0. The molecular formula is C31H28F3N3O6S. The first-order chi connectivity index (χ1) is 20.8. The van der Waals surface area contributed by atoms with Crippen LogP contribution < -0.4 is 4.74 Å². The van der Waals surface area contributed by atoms with Gasteiger partial charge in [-0.25, -0.2) is 18.4 Å². The van der Waals surface area contributed by atoms with E-state index in [9.17, 15) is 31.8 Å². The molecule has 0 unspecified atom stereocenters. The van der Waals surface area contributed by atoms with Crippen molar-refractivity contribution in [2.45, 2.75) is 38.1 Å². The lowest BCUT2D eigenvalue weighted by Crippen LogP contribution is -2.16. The molecular weight excluding hydrogens is 599 g/mol. The standard InChI is InChI=1S/C31H28F3N3O6S/c1-18-16-37(19(2)35-18)26-11-8-21(22-4-5-23(17-39)27(15-22)44(3,40)41)14-25(26)30-29(36-28(42-30)12-13-38)20-6-9-24(10-7-20)43-31(32,33)34/h4-11,14-16,38-39H,12-13,17H2,1-3H3. The minimum absolute atomic E-state index is 0.00374. The molecule has 9 nitrogen and oxygen atoms in total. The van der Waals surface area contributed by atoms with Crippen LogP contribution in [0.1, 0.15) is 23.0 Å². The van der Waals surface area contributed by atoms with E-state index < -0.39 is 28.6 Å². The minimum Gasteiger partial charge on any atom is -0.440 e. The maximum Gasteiger partial charge on any atom is 0.573 e. The molecule has 2 N–H and O–H groups in total. The second kappa shape index (κ2) is 11.9. The van der Waals surface area contributed by atoms with Gasteiger partial charge in [0.25, 0.3) is 0 Å². The van der Waals surface area contributed by atoms with Gasteiger partial charge >= 0.3 is 6.36 Å². The van der Waals surface area contributed by atoms with Crippen LogP contribution in [0.15, 0.2) is 76.2 Å². The smallest absolute Gasteiger partial charge is 0.440 e. The summed E-state index contributed by atoms with van der Waals surface area (Å²) in [6, 6.07) is 15.3. The third kappa shape index (κ3) is 6.54. The second-order valence-electron chi connectivity index (χ2n) is 10.1. The fraction of sp³-hybridized carbons (Fsp3) is 0.226. The van der Waals surface area contributed by atoms with Crippen molar-refractivity contribution in [3.63, 3.8) is 0 Å². The predicted molar refractivity (Wildman–Crippen MR) is 156 cm³/mol. The van der Waals surface area contributed by atoms with Crippen molar-refractivity contribution in [3.8, 4) is 45.1 Å². The van der Waals surface area contributed by atoms with Gasteiger partial charge in [0.15, 0.2) is 21.5 Å². The third-order valence-corrected chi connectivity index (χ3v) is 8.01. The van der Waals surface area contributed by atoms with Gasteiger partial charge in [-0.05, 0) is 73.0 Å². The van der Waals surface area contributed by atoms with Crippen molar-refractivity contribution in [2.24, 2.45) is 0 Å². The van der Waals surface area contributed by atoms with E-state index in [1.807, 2.05) is 36.7 Å². The summed E-state index contributed by atoms with van der Waals surface area (Å²) in [6.45, 7) is 2.97. The molecule has 5 rings (SSSR count). The van der Waals surface area contributed by atoms with Crippen LogP contribution in [0.25, 0.3) is 39.4 Å². The van der Waals surface area contributed by atoms with E-state index in [2.05, 4.69) is 14.7 Å². The molecule has 2 heterocycles. The Balaban J connectivity index is 1.73. The molecule has 0 aliphatic carbocycles. The zero-order valence-corrected chi connectivity index (χ0v) is 24.7. The predicted octanol–water partition coefficient (Wildman–Crippen LogP) is 5.81. The van der Waals surface area contributed by atoms with Gasteiger partial charge in [0.05, 0.1) is 29.5 Å². The van der Waals surface area contributed by atoms with Gasteiger partial charge in [0.2, 0.25) is 0 Å². The fourth-order valence-electron chi connectivity index (χ4n) is 4.94. The molecule has 2 aromatic heterocycles. The summed E-state index contributed by atoms with van der Waals surface area (Å²) < 4.78 is 75.3. The number of nitrogens with zero attached hydrogens (tertiary/aromatic N) is 3. The normalized spacial score (nSPS) is 12.1. The van der Waals surface area contributed by atoms with Crippen molar-refractivity contribution in [1.29, 1.82) is 0 Å². The van der Waals surface area contributed by atoms with Crippen molar-refractivity contribution in [2.75, 3.05) is 12.9 Å². The molecule has 0 fully saturated rings. The Morgan fingerprint density at radius 1 is 0.932 bits per heavy atom. The molecule has 0 spiro atoms. The highest BCUT2D eigenvalue weighted by Gasteiger charge is 2.31. The van der Waals surface area contributed by atoms with Crippen molar-refractivity contribution in [1.82, 2.24) is 14.5 Å². The molecule has 230 valence electrons. The molecule has 0 atom stereocenters. The maximum absolute atomic E-state index is 12.8. The highest BCUT2D eigenvalue weighted by molar-refractivity contribution is 7.90. The lowest BCUT2D eigenvalue weighted by molar-refractivity contribution is -0.274. The van der Waals surface area contributed by atoms with Crippen LogP contribution in [0.4, 0.5) is 13.2 Å². The quantitative estimate of drug-likeness (QED) is 0.210. The molecule has 0 aliphatic rings. The summed E-state index contributed by atoms with van der Waals surface area (Å²) in [4.78, 5) is 9.06. The Morgan fingerprint density at radius 2 is 1.59 bits per heavy atom. The van der Waals surface area contributed by atoms with Gasteiger partial charge in [-0.15, -0.1) is 13.2 Å². The fourth-order valence-corrected chi connectivity index (χ4v) is 5.89. The number of aryl methyl sites for hydroxylation is 2. The van der Waals surface area contributed by atoms with Gasteiger partial charge in [0, 0.05) is 30.0 Å². The second-order valence-corrected chi connectivity index (χ2v) is 12.1.